The molecule has 28 heavy (non-hydrogen) atoms. The maximum atomic E-state index is 13.8. The second-order valence-corrected chi connectivity index (χ2v) is 11.1. The zero-order valence-electron chi connectivity index (χ0n) is 18.7. The lowest BCUT2D eigenvalue weighted by atomic mass is 9.43. The Labute approximate surface area is 171 Å². The molecule has 156 valence electrons. The van der Waals surface area contributed by atoms with Crippen LogP contribution < -0.4 is 0 Å². The molecule has 0 spiro atoms. The van der Waals surface area contributed by atoms with Gasteiger partial charge in [0.2, 0.25) is 0 Å². The van der Waals surface area contributed by atoms with Gasteiger partial charge in [0.05, 0.1) is 0 Å². The van der Waals surface area contributed by atoms with Gasteiger partial charge >= 0.3 is 0 Å². The van der Waals surface area contributed by atoms with Crippen molar-refractivity contribution in [2.45, 2.75) is 92.4 Å². The van der Waals surface area contributed by atoms with E-state index in [1.165, 1.54) is 38.5 Å². The molecule has 0 heterocycles. The molecule has 0 aromatic rings. The van der Waals surface area contributed by atoms with Gasteiger partial charge in [0.1, 0.15) is 5.78 Å². The maximum absolute atomic E-state index is 13.8. The number of carbonyl (C=O) groups is 2. The van der Waals surface area contributed by atoms with E-state index in [1.807, 2.05) is 6.92 Å². The number of hydrogen-bond donors (Lipinski definition) is 0. The lowest BCUT2D eigenvalue weighted by Gasteiger charge is -2.60. The number of ketones is 2. The van der Waals surface area contributed by atoms with Crippen molar-refractivity contribution < 1.29 is 9.59 Å². The summed E-state index contributed by atoms with van der Waals surface area (Å²) in [5.74, 6) is 3.75. The monoisotopic (exact) mass is 384 g/mol. The lowest BCUT2D eigenvalue weighted by molar-refractivity contribution is -0.149. The van der Waals surface area contributed by atoms with Gasteiger partial charge < -0.3 is 0 Å². The molecule has 0 amide bonds. The van der Waals surface area contributed by atoms with Gasteiger partial charge in [-0.15, -0.1) is 0 Å². The van der Waals surface area contributed by atoms with E-state index >= 15 is 0 Å². The number of allylic oxidation sites excluding steroid dienone is 2. The summed E-state index contributed by atoms with van der Waals surface area (Å²) in [7, 11) is 0. The van der Waals surface area contributed by atoms with Crippen LogP contribution in [0.3, 0.4) is 0 Å². The Balaban J connectivity index is 1.71. The van der Waals surface area contributed by atoms with Gasteiger partial charge in [0.15, 0.2) is 5.78 Å². The molecule has 8 atom stereocenters. The Morgan fingerprint density at radius 1 is 1.07 bits per heavy atom. The van der Waals surface area contributed by atoms with E-state index in [9.17, 15) is 9.59 Å². The largest absolute Gasteiger partial charge is 0.300 e. The Hall–Kier alpha value is -0.920. The van der Waals surface area contributed by atoms with Crippen LogP contribution in [-0.4, -0.2) is 11.6 Å². The van der Waals surface area contributed by atoms with Crippen molar-refractivity contribution in [1.82, 2.24) is 0 Å². The minimum absolute atomic E-state index is 0.142. The number of fused-ring (bicyclic) bond motifs is 5. The van der Waals surface area contributed by atoms with Crippen LogP contribution in [0.1, 0.15) is 92.4 Å². The van der Waals surface area contributed by atoms with Crippen LogP contribution in [0.5, 0.6) is 0 Å². The van der Waals surface area contributed by atoms with Gasteiger partial charge in [-0.05, 0) is 85.0 Å². The van der Waals surface area contributed by atoms with E-state index < -0.39 is 0 Å². The Morgan fingerprint density at radius 2 is 1.79 bits per heavy atom. The summed E-state index contributed by atoms with van der Waals surface area (Å²) >= 11 is 0. The van der Waals surface area contributed by atoms with Gasteiger partial charge in [-0.25, -0.2) is 0 Å². The summed E-state index contributed by atoms with van der Waals surface area (Å²) in [6.07, 6.45) is 12.0. The second kappa shape index (κ2) is 7.10. The quantitative estimate of drug-likeness (QED) is 0.529. The van der Waals surface area contributed by atoms with Crippen molar-refractivity contribution in [2.75, 3.05) is 0 Å². The van der Waals surface area contributed by atoms with Crippen LogP contribution in [0.15, 0.2) is 11.6 Å². The van der Waals surface area contributed by atoms with Crippen LogP contribution in [0.4, 0.5) is 0 Å². The molecule has 0 bridgehead atoms. The number of rotatable bonds is 3. The summed E-state index contributed by atoms with van der Waals surface area (Å²) in [6.45, 7) is 11.7. The highest BCUT2D eigenvalue weighted by molar-refractivity contribution is 6.00. The normalized spacial score (nSPS) is 48.2. The second-order valence-electron chi connectivity index (χ2n) is 11.1. The first kappa shape index (κ1) is 20.4. The maximum Gasteiger partial charge on any atom is 0.162 e. The van der Waals surface area contributed by atoms with Gasteiger partial charge in [0, 0.05) is 18.8 Å². The molecule has 4 rings (SSSR count). The first-order valence-corrected chi connectivity index (χ1v) is 12.0. The Bertz CT molecular complexity index is 691. The molecule has 0 aromatic heterocycles. The average molecular weight is 385 g/mol. The highest BCUT2D eigenvalue weighted by Crippen LogP contribution is 2.68. The van der Waals surface area contributed by atoms with Crippen LogP contribution in [0, 0.1) is 46.3 Å². The molecular formula is C26H40O2. The predicted octanol–water partition coefficient (Wildman–Crippen LogP) is 6.39. The molecule has 4 fully saturated rings. The van der Waals surface area contributed by atoms with E-state index in [1.54, 1.807) is 0 Å². The fourth-order valence-corrected chi connectivity index (χ4v) is 8.64. The standard InChI is InChI=1S/C26H40O2/c1-6-8-16(3)19-9-10-20-23-21(12-14-25(19,20)4)26(5)13-11-17(27)15-22(26)18(7-2)24(23)28/h7,16,19-23H,6,8-15H2,1-5H3/t16-,19-,20?,21?,22?,23?,25-,26-/m1/s1. The van der Waals surface area contributed by atoms with E-state index in [0.29, 0.717) is 35.2 Å². The first-order chi connectivity index (χ1) is 13.3. The fraction of sp³-hybridized carbons (Fsp3) is 0.846. The number of carbonyl (C=O) groups excluding carboxylic acids is 2. The summed E-state index contributed by atoms with van der Waals surface area (Å²) in [6, 6.07) is 0. The Morgan fingerprint density at radius 3 is 2.46 bits per heavy atom. The van der Waals surface area contributed by atoms with E-state index in [-0.39, 0.29) is 17.3 Å². The molecule has 0 aliphatic heterocycles. The zero-order chi connectivity index (χ0) is 20.3. The highest BCUT2D eigenvalue weighted by Gasteiger charge is 2.64. The van der Waals surface area contributed by atoms with Gasteiger partial charge in [0.25, 0.3) is 0 Å². The van der Waals surface area contributed by atoms with Gasteiger partial charge in [-0.2, -0.15) is 0 Å². The first-order valence-electron chi connectivity index (χ1n) is 12.0. The smallest absolute Gasteiger partial charge is 0.162 e. The average Bonchev–Trinajstić information content (AvgIpc) is 3.01. The van der Waals surface area contributed by atoms with Crippen molar-refractivity contribution in [3.63, 3.8) is 0 Å². The summed E-state index contributed by atoms with van der Waals surface area (Å²) in [4.78, 5) is 26.1. The van der Waals surface area contributed by atoms with Crippen molar-refractivity contribution in [2.24, 2.45) is 46.3 Å². The van der Waals surface area contributed by atoms with Crippen LogP contribution in [0.25, 0.3) is 0 Å². The van der Waals surface area contributed by atoms with Gasteiger partial charge in [-0.1, -0.05) is 46.6 Å². The SMILES string of the molecule is CC=C1C(=O)C2C(CC[C@@]3(C)C2CC[C@@H]3[C@H](C)CCC)[C@@]2(C)CCC(=O)CC12. The van der Waals surface area contributed by atoms with Crippen molar-refractivity contribution in [3.05, 3.63) is 11.6 Å². The number of Topliss-reactive ketones (excluding diaryl/α,β-unsaturated/α-hetero) is 2. The van der Waals surface area contributed by atoms with Crippen molar-refractivity contribution >= 4 is 11.6 Å². The fourth-order valence-electron chi connectivity index (χ4n) is 8.64. The molecule has 4 aliphatic rings. The van der Waals surface area contributed by atoms with Gasteiger partial charge in [-0.3, -0.25) is 9.59 Å². The molecule has 0 N–H and O–H groups in total. The molecule has 0 saturated heterocycles. The third kappa shape index (κ3) is 2.72. The number of hydrogen-bond acceptors (Lipinski definition) is 2. The summed E-state index contributed by atoms with van der Waals surface area (Å²) < 4.78 is 0. The van der Waals surface area contributed by atoms with Crippen LogP contribution in [-0.2, 0) is 9.59 Å². The summed E-state index contributed by atoms with van der Waals surface area (Å²) in [5.41, 5.74) is 1.48. The molecule has 4 aliphatic carbocycles. The minimum Gasteiger partial charge on any atom is -0.300 e. The minimum atomic E-state index is 0.142. The third-order valence-electron chi connectivity index (χ3n) is 10.1. The molecule has 4 unspecified atom stereocenters. The lowest BCUT2D eigenvalue weighted by Crippen LogP contribution is -2.58. The molecule has 0 radical (unpaired) electrons. The zero-order valence-corrected chi connectivity index (χ0v) is 18.7. The van der Waals surface area contributed by atoms with Crippen molar-refractivity contribution in [3.8, 4) is 0 Å². The highest BCUT2D eigenvalue weighted by atomic mass is 16.1. The molecule has 2 nitrogen and oxygen atoms in total. The molecule has 4 saturated carbocycles. The molecular weight excluding hydrogens is 344 g/mol. The Kier molecular flexibility index (Phi) is 5.16. The van der Waals surface area contributed by atoms with E-state index in [0.717, 1.165) is 30.3 Å². The van der Waals surface area contributed by atoms with Crippen LogP contribution >= 0.6 is 0 Å². The predicted molar refractivity (Wildman–Crippen MR) is 114 cm³/mol. The van der Waals surface area contributed by atoms with E-state index in [2.05, 4.69) is 33.8 Å². The topological polar surface area (TPSA) is 34.1 Å². The van der Waals surface area contributed by atoms with Crippen molar-refractivity contribution in [1.29, 1.82) is 0 Å². The van der Waals surface area contributed by atoms with Crippen LogP contribution in [0.2, 0.25) is 0 Å². The molecule has 0 aromatic carbocycles. The van der Waals surface area contributed by atoms with E-state index in [4.69, 9.17) is 0 Å². The third-order valence-corrected chi connectivity index (χ3v) is 10.1. The molecule has 2 heteroatoms. The summed E-state index contributed by atoms with van der Waals surface area (Å²) in [5, 5.41) is 0.